The minimum atomic E-state index is -0.761. The van der Waals surface area contributed by atoms with E-state index in [-0.39, 0.29) is 17.5 Å². The maximum atomic E-state index is 14.0. The molecule has 4 rings (SSSR count). The van der Waals surface area contributed by atoms with Gasteiger partial charge in [-0.25, -0.2) is 4.39 Å². The minimum absolute atomic E-state index is 0.00636. The van der Waals surface area contributed by atoms with Crippen LogP contribution < -0.4 is 9.47 Å². The van der Waals surface area contributed by atoms with Gasteiger partial charge in [0.05, 0.1) is 7.11 Å². The summed E-state index contributed by atoms with van der Waals surface area (Å²) < 4.78 is 37.9. The topological polar surface area (TPSA) is 21.7 Å². The van der Waals surface area contributed by atoms with Crippen LogP contribution in [-0.2, 0) is 0 Å². The summed E-state index contributed by atoms with van der Waals surface area (Å²) >= 11 is 0. The zero-order chi connectivity index (χ0) is 14.1. The predicted octanol–water partition coefficient (Wildman–Crippen LogP) is 2.84. The van der Waals surface area contributed by atoms with Gasteiger partial charge in [0.2, 0.25) is 5.82 Å². The molecule has 3 nitrogen and oxygen atoms in total. The standard InChI is InChI=1S/C15H19F2NO2/c1-19-13-3-2-12(16)15(14(13)17)20-9-11-8-10-4-6-18(11)7-5-10/h2-3,10-11H,4-9H2,1H3. The van der Waals surface area contributed by atoms with Crippen LogP contribution in [0.2, 0.25) is 0 Å². The molecule has 3 aliphatic rings. The molecule has 1 atom stereocenters. The van der Waals surface area contributed by atoms with E-state index in [2.05, 4.69) is 4.90 Å². The summed E-state index contributed by atoms with van der Waals surface area (Å²) in [5, 5.41) is 0. The third-order valence-electron chi connectivity index (χ3n) is 4.42. The highest BCUT2D eigenvalue weighted by atomic mass is 19.1. The smallest absolute Gasteiger partial charge is 0.209 e. The number of hydrogen-bond donors (Lipinski definition) is 0. The van der Waals surface area contributed by atoms with Crippen molar-refractivity contribution in [3.05, 3.63) is 23.8 Å². The van der Waals surface area contributed by atoms with Crippen LogP contribution in [0.3, 0.4) is 0 Å². The van der Waals surface area contributed by atoms with Gasteiger partial charge in [0.15, 0.2) is 17.3 Å². The van der Waals surface area contributed by atoms with Crippen molar-refractivity contribution in [3.63, 3.8) is 0 Å². The fourth-order valence-electron chi connectivity index (χ4n) is 3.25. The van der Waals surface area contributed by atoms with Crippen molar-refractivity contribution in [2.45, 2.75) is 25.3 Å². The second-order valence-corrected chi connectivity index (χ2v) is 5.57. The Morgan fingerprint density at radius 2 is 2.00 bits per heavy atom. The number of ether oxygens (including phenoxy) is 2. The third kappa shape index (κ3) is 2.46. The highest BCUT2D eigenvalue weighted by Gasteiger charge is 2.34. The lowest BCUT2D eigenvalue weighted by Crippen LogP contribution is -2.51. The van der Waals surface area contributed by atoms with Gasteiger partial charge in [0, 0.05) is 6.04 Å². The van der Waals surface area contributed by atoms with Gasteiger partial charge in [0.1, 0.15) is 6.61 Å². The molecule has 0 spiro atoms. The zero-order valence-electron chi connectivity index (χ0n) is 11.6. The molecule has 20 heavy (non-hydrogen) atoms. The first-order valence-electron chi connectivity index (χ1n) is 7.08. The second-order valence-electron chi connectivity index (χ2n) is 5.57. The summed E-state index contributed by atoms with van der Waals surface area (Å²) in [6.45, 7) is 2.47. The molecule has 110 valence electrons. The molecule has 3 heterocycles. The summed E-state index contributed by atoms with van der Waals surface area (Å²) in [5.41, 5.74) is 0. The van der Waals surface area contributed by atoms with Crippen LogP contribution in [0.15, 0.2) is 12.1 Å². The van der Waals surface area contributed by atoms with Crippen LogP contribution in [0.4, 0.5) is 8.78 Å². The molecule has 3 aliphatic heterocycles. The van der Waals surface area contributed by atoms with E-state index >= 15 is 0 Å². The molecule has 0 aliphatic carbocycles. The maximum Gasteiger partial charge on any atom is 0.209 e. The molecule has 1 unspecified atom stereocenters. The summed E-state index contributed by atoms with van der Waals surface area (Å²) in [7, 11) is 1.35. The average Bonchev–Trinajstić information content (AvgIpc) is 2.48. The van der Waals surface area contributed by atoms with Crippen molar-refractivity contribution in [2.24, 2.45) is 5.92 Å². The quantitative estimate of drug-likeness (QED) is 0.848. The Bertz CT molecular complexity index is 487. The van der Waals surface area contributed by atoms with E-state index in [1.165, 1.54) is 32.1 Å². The van der Waals surface area contributed by atoms with Crippen LogP contribution in [-0.4, -0.2) is 37.7 Å². The summed E-state index contributed by atoms with van der Waals surface area (Å²) in [4.78, 5) is 2.36. The lowest BCUT2D eigenvalue weighted by Gasteiger charge is -2.45. The first kappa shape index (κ1) is 13.6. The molecule has 0 radical (unpaired) electrons. The Labute approximate surface area is 117 Å². The van der Waals surface area contributed by atoms with Crippen LogP contribution in [0.25, 0.3) is 0 Å². The molecule has 0 saturated carbocycles. The molecule has 1 aromatic rings. The van der Waals surface area contributed by atoms with Crippen molar-refractivity contribution in [3.8, 4) is 11.5 Å². The minimum Gasteiger partial charge on any atom is -0.494 e. The molecule has 0 N–H and O–H groups in total. The summed E-state index contributed by atoms with van der Waals surface area (Å²) in [5.74, 6) is -1.02. The molecule has 3 saturated heterocycles. The number of benzene rings is 1. The number of nitrogens with zero attached hydrogens (tertiary/aromatic N) is 1. The zero-order valence-corrected chi connectivity index (χ0v) is 11.6. The fourth-order valence-corrected chi connectivity index (χ4v) is 3.25. The van der Waals surface area contributed by atoms with Gasteiger partial charge in [-0.1, -0.05) is 0 Å². The van der Waals surface area contributed by atoms with Gasteiger partial charge in [-0.3, -0.25) is 4.90 Å². The number of halogens is 2. The van der Waals surface area contributed by atoms with Crippen molar-refractivity contribution in [2.75, 3.05) is 26.8 Å². The van der Waals surface area contributed by atoms with Crippen LogP contribution in [0, 0.1) is 17.6 Å². The second kappa shape index (κ2) is 5.56. The Balaban J connectivity index is 1.69. The van der Waals surface area contributed by atoms with E-state index < -0.39 is 11.6 Å². The number of rotatable bonds is 4. The Kier molecular flexibility index (Phi) is 3.78. The lowest BCUT2D eigenvalue weighted by molar-refractivity contribution is 0.0222. The molecular formula is C15H19F2NO2. The number of fused-ring (bicyclic) bond motifs is 3. The van der Waals surface area contributed by atoms with Gasteiger partial charge >= 0.3 is 0 Å². The van der Waals surface area contributed by atoms with E-state index in [9.17, 15) is 8.78 Å². The maximum absolute atomic E-state index is 14.0. The Morgan fingerprint density at radius 1 is 1.25 bits per heavy atom. The predicted molar refractivity (Wildman–Crippen MR) is 71.1 cm³/mol. The SMILES string of the molecule is COc1ccc(F)c(OCC2CC3CCN2CC3)c1F. The van der Waals surface area contributed by atoms with E-state index in [1.807, 2.05) is 0 Å². The lowest BCUT2D eigenvalue weighted by atomic mass is 9.83. The molecule has 1 aromatic carbocycles. The van der Waals surface area contributed by atoms with Gasteiger partial charge in [-0.05, 0) is 50.4 Å². The molecule has 3 fully saturated rings. The fraction of sp³-hybridized carbons (Fsp3) is 0.600. The van der Waals surface area contributed by atoms with E-state index in [4.69, 9.17) is 9.47 Å². The van der Waals surface area contributed by atoms with E-state index in [0.29, 0.717) is 6.61 Å². The number of methoxy groups -OCH3 is 1. The van der Waals surface area contributed by atoms with Crippen LogP contribution >= 0.6 is 0 Å². The molecular weight excluding hydrogens is 264 g/mol. The summed E-state index contributed by atoms with van der Waals surface area (Å²) in [6, 6.07) is 2.71. The van der Waals surface area contributed by atoms with Crippen molar-refractivity contribution >= 4 is 0 Å². The van der Waals surface area contributed by atoms with Gasteiger partial charge in [-0.2, -0.15) is 4.39 Å². The van der Waals surface area contributed by atoms with Gasteiger partial charge in [0.25, 0.3) is 0 Å². The molecule has 5 heteroatoms. The van der Waals surface area contributed by atoms with E-state index in [1.54, 1.807) is 0 Å². The van der Waals surface area contributed by atoms with Crippen LogP contribution in [0.5, 0.6) is 11.5 Å². The average molecular weight is 283 g/mol. The Morgan fingerprint density at radius 3 is 2.60 bits per heavy atom. The Hall–Kier alpha value is -1.36. The van der Waals surface area contributed by atoms with Gasteiger partial charge < -0.3 is 9.47 Å². The number of piperidine rings is 3. The van der Waals surface area contributed by atoms with Crippen molar-refractivity contribution in [1.29, 1.82) is 0 Å². The number of hydrogen-bond acceptors (Lipinski definition) is 3. The highest BCUT2D eigenvalue weighted by molar-refractivity contribution is 5.37. The van der Waals surface area contributed by atoms with Crippen molar-refractivity contribution in [1.82, 2.24) is 4.90 Å². The summed E-state index contributed by atoms with van der Waals surface area (Å²) in [6.07, 6.45) is 3.53. The molecule has 0 amide bonds. The van der Waals surface area contributed by atoms with Crippen LogP contribution in [0.1, 0.15) is 19.3 Å². The first-order valence-corrected chi connectivity index (χ1v) is 7.08. The largest absolute Gasteiger partial charge is 0.494 e. The van der Waals surface area contributed by atoms with Gasteiger partial charge in [-0.15, -0.1) is 0 Å². The first-order chi connectivity index (χ1) is 9.69. The van der Waals surface area contributed by atoms with E-state index in [0.717, 1.165) is 25.4 Å². The normalized spacial score (nSPS) is 28.4. The molecule has 0 aromatic heterocycles. The third-order valence-corrected chi connectivity index (χ3v) is 4.42. The highest BCUT2D eigenvalue weighted by Crippen LogP contribution is 2.33. The monoisotopic (exact) mass is 283 g/mol. The van der Waals surface area contributed by atoms with Crippen molar-refractivity contribution < 1.29 is 18.3 Å². The molecule has 2 bridgehead atoms.